The van der Waals surface area contributed by atoms with Crippen molar-refractivity contribution < 1.29 is 42.0 Å². The standard InChI is InChI=1S/C24H26F3N3O7/c1-23(2,3)36-21(32)29(22(33)37-24(4,5)6)19-16(26)10-11-17(18(19)27)28(7)20(31)14-12-13(30(34)35)8-9-15(14)25/h8-12H,1-7H3. The monoisotopic (exact) mass is 525 g/mol. The largest absolute Gasteiger partial charge is 0.443 e. The Bertz CT molecular complexity index is 1230. The number of hydrogen-bond acceptors (Lipinski definition) is 7. The van der Waals surface area contributed by atoms with Gasteiger partial charge in [0.2, 0.25) is 0 Å². The van der Waals surface area contributed by atoms with E-state index in [1.807, 2.05) is 0 Å². The van der Waals surface area contributed by atoms with Gasteiger partial charge in [-0.1, -0.05) is 0 Å². The number of carbonyl (C=O) groups excluding carboxylic acids is 3. The number of nitrogens with zero attached hydrogens (tertiary/aromatic N) is 3. The highest BCUT2D eigenvalue weighted by atomic mass is 19.1. The number of anilines is 2. The molecule has 3 amide bonds. The van der Waals surface area contributed by atoms with Crippen molar-refractivity contribution >= 4 is 35.2 Å². The summed E-state index contributed by atoms with van der Waals surface area (Å²) in [6, 6.07) is 3.66. The second kappa shape index (κ2) is 10.4. The van der Waals surface area contributed by atoms with Gasteiger partial charge in [0.15, 0.2) is 11.6 Å². The second-order valence-corrected chi connectivity index (χ2v) is 9.81. The summed E-state index contributed by atoms with van der Waals surface area (Å²) in [6.45, 7) is 8.76. The van der Waals surface area contributed by atoms with Crippen LogP contribution in [0.3, 0.4) is 0 Å². The summed E-state index contributed by atoms with van der Waals surface area (Å²) in [5, 5.41) is 11.0. The van der Waals surface area contributed by atoms with Gasteiger partial charge in [-0.25, -0.2) is 22.8 Å². The first-order chi connectivity index (χ1) is 16.8. The zero-order valence-electron chi connectivity index (χ0n) is 21.2. The van der Waals surface area contributed by atoms with Crippen molar-refractivity contribution in [2.75, 3.05) is 16.8 Å². The van der Waals surface area contributed by atoms with Crippen LogP contribution in [0.4, 0.5) is 39.8 Å². The van der Waals surface area contributed by atoms with Crippen LogP contribution >= 0.6 is 0 Å². The first-order valence-corrected chi connectivity index (χ1v) is 10.8. The van der Waals surface area contributed by atoms with Crippen molar-refractivity contribution in [1.29, 1.82) is 0 Å². The van der Waals surface area contributed by atoms with E-state index in [2.05, 4.69) is 0 Å². The lowest BCUT2D eigenvalue weighted by molar-refractivity contribution is -0.384. The molecule has 0 heterocycles. The third-order valence-electron chi connectivity index (χ3n) is 4.48. The summed E-state index contributed by atoms with van der Waals surface area (Å²) in [5.74, 6) is -5.29. The van der Waals surface area contributed by atoms with Crippen LogP contribution in [0.25, 0.3) is 0 Å². The lowest BCUT2D eigenvalue weighted by Gasteiger charge is -2.29. The fourth-order valence-corrected chi connectivity index (χ4v) is 2.95. The number of amides is 3. The SMILES string of the molecule is CN(C(=O)c1cc([N+](=O)[O-])ccc1F)c1ccc(F)c(N(C(=O)OC(C)(C)C)C(=O)OC(C)(C)C)c1F. The van der Waals surface area contributed by atoms with E-state index in [1.165, 1.54) is 41.5 Å². The molecule has 0 fully saturated rings. The molecular formula is C24H26F3N3O7. The number of imide groups is 1. The molecule has 0 aliphatic heterocycles. The highest BCUT2D eigenvalue weighted by Crippen LogP contribution is 2.34. The summed E-state index contributed by atoms with van der Waals surface area (Å²) in [5.41, 5.74) is -5.59. The van der Waals surface area contributed by atoms with Crippen molar-refractivity contribution in [3.05, 3.63) is 63.5 Å². The normalized spacial score (nSPS) is 11.5. The predicted octanol–water partition coefficient (Wildman–Crippen LogP) is 5.97. The molecule has 0 aliphatic carbocycles. The maximum Gasteiger partial charge on any atom is 0.424 e. The molecule has 2 aromatic rings. The minimum Gasteiger partial charge on any atom is -0.443 e. The minimum absolute atomic E-state index is 0.0108. The molecule has 37 heavy (non-hydrogen) atoms. The molecule has 0 unspecified atom stereocenters. The van der Waals surface area contributed by atoms with Crippen LogP contribution in [0, 0.1) is 27.6 Å². The highest BCUT2D eigenvalue weighted by Gasteiger charge is 2.38. The average molecular weight is 525 g/mol. The maximum atomic E-state index is 15.7. The van der Waals surface area contributed by atoms with Gasteiger partial charge in [-0.15, -0.1) is 0 Å². The molecule has 0 bridgehead atoms. The van der Waals surface area contributed by atoms with E-state index in [1.54, 1.807) is 0 Å². The first-order valence-electron chi connectivity index (χ1n) is 10.8. The summed E-state index contributed by atoms with van der Waals surface area (Å²) in [7, 11) is 0.992. The number of ether oxygens (including phenoxy) is 2. The van der Waals surface area contributed by atoms with Gasteiger partial charge in [-0.2, -0.15) is 4.90 Å². The summed E-state index contributed by atoms with van der Waals surface area (Å²) >= 11 is 0. The molecule has 0 N–H and O–H groups in total. The lowest BCUT2D eigenvalue weighted by atomic mass is 10.1. The van der Waals surface area contributed by atoms with E-state index in [0.29, 0.717) is 23.1 Å². The van der Waals surface area contributed by atoms with Crippen molar-refractivity contribution in [3.8, 4) is 0 Å². The molecule has 0 spiro atoms. The zero-order chi connectivity index (χ0) is 28.5. The number of carbonyl (C=O) groups is 3. The molecular weight excluding hydrogens is 499 g/mol. The smallest absolute Gasteiger partial charge is 0.424 e. The van der Waals surface area contributed by atoms with Gasteiger partial charge in [0.1, 0.15) is 22.7 Å². The predicted molar refractivity (Wildman–Crippen MR) is 127 cm³/mol. The molecule has 0 radical (unpaired) electrons. The average Bonchev–Trinajstić information content (AvgIpc) is 2.73. The lowest BCUT2D eigenvalue weighted by Crippen LogP contribution is -2.44. The van der Waals surface area contributed by atoms with Gasteiger partial charge in [0.25, 0.3) is 11.6 Å². The molecule has 10 nitrogen and oxygen atoms in total. The summed E-state index contributed by atoms with van der Waals surface area (Å²) in [4.78, 5) is 49.3. The van der Waals surface area contributed by atoms with E-state index >= 15 is 4.39 Å². The van der Waals surface area contributed by atoms with E-state index in [0.717, 1.165) is 19.2 Å². The number of benzene rings is 2. The van der Waals surface area contributed by atoms with Gasteiger partial charge in [-0.3, -0.25) is 14.9 Å². The van der Waals surface area contributed by atoms with Crippen LogP contribution in [-0.2, 0) is 9.47 Å². The molecule has 0 saturated carbocycles. The highest BCUT2D eigenvalue weighted by molar-refractivity contribution is 6.11. The number of nitro benzene ring substituents is 1. The number of halogens is 3. The molecule has 2 aromatic carbocycles. The summed E-state index contributed by atoms with van der Waals surface area (Å²) in [6.07, 6.45) is -2.93. The van der Waals surface area contributed by atoms with Crippen molar-refractivity contribution in [1.82, 2.24) is 0 Å². The molecule has 0 atom stereocenters. The first kappa shape index (κ1) is 29.1. The van der Waals surface area contributed by atoms with Gasteiger partial charge in [-0.05, 0) is 59.7 Å². The fraction of sp³-hybridized carbons (Fsp3) is 0.375. The Morgan fingerprint density at radius 2 is 1.35 bits per heavy atom. The Morgan fingerprint density at radius 1 is 0.865 bits per heavy atom. The fourth-order valence-electron chi connectivity index (χ4n) is 2.95. The number of nitro groups is 1. The minimum atomic E-state index is -1.56. The third kappa shape index (κ3) is 6.96. The molecule has 200 valence electrons. The van der Waals surface area contributed by atoms with Crippen LogP contribution < -0.4 is 9.80 Å². The number of hydrogen-bond donors (Lipinski definition) is 0. The Hall–Kier alpha value is -4.16. The Balaban J connectivity index is 2.65. The van der Waals surface area contributed by atoms with Gasteiger partial charge >= 0.3 is 12.2 Å². The number of rotatable bonds is 4. The summed E-state index contributed by atoms with van der Waals surface area (Å²) < 4.78 is 55.2. The topological polar surface area (TPSA) is 119 Å². The van der Waals surface area contributed by atoms with Crippen LogP contribution in [0.1, 0.15) is 51.9 Å². The third-order valence-corrected chi connectivity index (χ3v) is 4.48. The zero-order valence-corrected chi connectivity index (χ0v) is 21.2. The van der Waals surface area contributed by atoms with Crippen LogP contribution in [-0.4, -0.2) is 41.3 Å². The van der Waals surface area contributed by atoms with Crippen molar-refractivity contribution in [3.63, 3.8) is 0 Å². The van der Waals surface area contributed by atoms with E-state index in [9.17, 15) is 33.3 Å². The number of non-ortho nitro benzene ring substituents is 1. The Labute approximate surface area is 210 Å². The van der Waals surface area contributed by atoms with Gasteiger partial charge in [0, 0.05) is 19.2 Å². The quantitative estimate of drug-likeness (QED) is 0.357. The van der Waals surface area contributed by atoms with E-state index in [-0.39, 0.29) is 4.90 Å². The van der Waals surface area contributed by atoms with Crippen LogP contribution in [0.15, 0.2) is 30.3 Å². The van der Waals surface area contributed by atoms with E-state index < -0.39 is 74.3 Å². The Kier molecular flexibility index (Phi) is 8.21. The van der Waals surface area contributed by atoms with Crippen molar-refractivity contribution in [2.45, 2.75) is 52.7 Å². The van der Waals surface area contributed by atoms with E-state index in [4.69, 9.17) is 9.47 Å². The molecule has 0 saturated heterocycles. The Morgan fingerprint density at radius 3 is 1.81 bits per heavy atom. The van der Waals surface area contributed by atoms with Gasteiger partial charge in [0.05, 0.1) is 16.2 Å². The molecule has 2 rings (SSSR count). The molecule has 0 aromatic heterocycles. The van der Waals surface area contributed by atoms with Crippen LogP contribution in [0.5, 0.6) is 0 Å². The second-order valence-electron chi connectivity index (χ2n) is 9.81. The molecule has 13 heteroatoms. The van der Waals surface area contributed by atoms with Gasteiger partial charge < -0.3 is 14.4 Å². The maximum absolute atomic E-state index is 15.7. The van der Waals surface area contributed by atoms with Crippen LogP contribution in [0.2, 0.25) is 0 Å². The van der Waals surface area contributed by atoms with Crippen molar-refractivity contribution in [2.24, 2.45) is 0 Å². The molecule has 0 aliphatic rings.